The van der Waals surface area contributed by atoms with Crippen LogP contribution in [0.4, 0.5) is 0 Å². The summed E-state index contributed by atoms with van der Waals surface area (Å²) in [4.78, 5) is 10.4. The minimum Gasteiger partial charge on any atom is -0.478 e. The van der Waals surface area contributed by atoms with Crippen LogP contribution in [-0.2, 0) is 11.3 Å². The fraction of sp³-hybridized carbons (Fsp3) is 0.143. The van der Waals surface area contributed by atoms with Crippen LogP contribution in [0.1, 0.15) is 12.5 Å². The monoisotopic (exact) mass is 292 g/mol. The summed E-state index contributed by atoms with van der Waals surface area (Å²) in [7, 11) is 0. The molecule has 0 saturated heterocycles. The van der Waals surface area contributed by atoms with Crippen LogP contribution in [-0.4, -0.2) is 20.9 Å². The molecule has 2 aromatic rings. The summed E-state index contributed by atoms with van der Waals surface area (Å²) in [6.07, 6.45) is 5.90. The number of halogens is 1. The SMILES string of the molecule is CCn1cc(Oc2ccc(/C=C/C(=O)O)cc2Cl)cn1. The van der Waals surface area contributed by atoms with E-state index >= 15 is 0 Å². The van der Waals surface area contributed by atoms with Gasteiger partial charge in [0.25, 0.3) is 0 Å². The van der Waals surface area contributed by atoms with Gasteiger partial charge < -0.3 is 9.84 Å². The number of aromatic nitrogens is 2. The first kappa shape index (κ1) is 14.1. The van der Waals surface area contributed by atoms with Crippen molar-refractivity contribution in [2.45, 2.75) is 13.5 Å². The molecule has 0 unspecified atom stereocenters. The Hall–Kier alpha value is -2.27. The predicted octanol–water partition coefficient (Wildman–Crippen LogP) is 3.45. The van der Waals surface area contributed by atoms with Gasteiger partial charge in [-0.25, -0.2) is 4.79 Å². The highest BCUT2D eigenvalue weighted by Gasteiger charge is 2.05. The van der Waals surface area contributed by atoms with Crippen molar-refractivity contribution >= 4 is 23.6 Å². The maximum atomic E-state index is 10.4. The van der Waals surface area contributed by atoms with Crippen LogP contribution in [0, 0.1) is 0 Å². The maximum Gasteiger partial charge on any atom is 0.328 e. The molecule has 0 aliphatic heterocycles. The van der Waals surface area contributed by atoms with Gasteiger partial charge in [-0.1, -0.05) is 17.7 Å². The lowest BCUT2D eigenvalue weighted by molar-refractivity contribution is -0.131. The van der Waals surface area contributed by atoms with E-state index in [1.807, 2.05) is 6.92 Å². The highest BCUT2D eigenvalue weighted by molar-refractivity contribution is 6.32. The van der Waals surface area contributed by atoms with Gasteiger partial charge in [0.1, 0.15) is 5.75 Å². The fourth-order valence-corrected chi connectivity index (χ4v) is 1.80. The first-order valence-corrected chi connectivity index (χ1v) is 6.37. The second kappa shape index (κ2) is 6.25. The summed E-state index contributed by atoms with van der Waals surface area (Å²) in [6.45, 7) is 2.74. The van der Waals surface area contributed by atoms with Crippen LogP contribution >= 0.6 is 11.6 Å². The van der Waals surface area contributed by atoms with E-state index in [2.05, 4.69) is 5.10 Å². The first-order chi connectivity index (χ1) is 9.58. The van der Waals surface area contributed by atoms with Gasteiger partial charge in [0.05, 0.1) is 17.4 Å². The number of aryl methyl sites for hydroxylation is 1. The third kappa shape index (κ3) is 3.61. The van der Waals surface area contributed by atoms with Gasteiger partial charge in [0, 0.05) is 12.6 Å². The van der Waals surface area contributed by atoms with Gasteiger partial charge in [0.15, 0.2) is 5.75 Å². The van der Waals surface area contributed by atoms with E-state index in [9.17, 15) is 4.79 Å². The molecule has 6 heteroatoms. The summed E-state index contributed by atoms with van der Waals surface area (Å²) in [5, 5.41) is 13.1. The molecule has 0 fully saturated rings. The molecule has 0 radical (unpaired) electrons. The Morgan fingerprint density at radius 3 is 2.95 bits per heavy atom. The number of ether oxygens (including phenoxy) is 1. The number of nitrogens with zero attached hydrogens (tertiary/aromatic N) is 2. The van der Waals surface area contributed by atoms with E-state index in [-0.39, 0.29) is 0 Å². The number of benzene rings is 1. The standard InChI is InChI=1S/C14H13ClN2O3/c1-2-17-9-11(8-16-17)20-13-5-3-10(7-12(13)15)4-6-14(18)19/h3-9H,2H2,1H3,(H,18,19)/b6-4+. The smallest absolute Gasteiger partial charge is 0.328 e. The Kier molecular flexibility index (Phi) is 4.42. The number of aliphatic carboxylic acids is 1. The van der Waals surface area contributed by atoms with Crippen molar-refractivity contribution in [3.8, 4) is 11.5 Å². The Labute approximate surface area is 121 Å². The molecule has 1 heterocycles. The largest absolute Gasteiger partial charge is 0.478 e. The third-order valence-electron chi connectivity index (χ3n) is 2.54. The van der Waals surface area contributed by atoms with Gasteiger partial charge in [-0.05, 0) is 30.7 Å². The van der Waals surface area contributed by atoms with Crippen molar-refractivity contribution < 1.29 is 14.6 Å². The number of hydrogen-bond acceptors (Lipinski definition) is 3. The summed E-state index contributed by atoms with van der Waals surface area (Å²) in [5.41, 5.74) is 0.689. The Morgan fingerprint density at radius 1 is 1.55 bits per heavy atom. The molecule has 0 saturated carbocycles. The Balaban J connectivity index is 2.15. The van der Waals surface area contributed by atoms with Crippen LogP contribution < -0.4 is 4.74 Å². The minimum atomic E-state index is -1.01. The van der Waals surface area contributed by atoms with Crippen LogP contribution in [0.25, 0.3) is 6.08 Å². The van der Waals surface area contributed by atoms with Crippen molar-refractivity contribution in [3.05, 3.63) is 47.3 Å². The molecule has 1 N–H and O–H groups in total. The molecule has 0 aliphatic carbocycles. The molecule has 1 aromatic carbocycles. The number of hydrogen-bond donors (Lipinski definition) is 1. The minimum absolute atomic E-state index is 0.404. The van der Waals surface area contributed by atoms with Crippen molar-refractivity contribution in [3.63, 3.8) is 0 Å². The van der Waals surface area contributed by atoms with E-state index < -0.39 is 5.97 Å². The molecule has 104 valence electrons. The molecule has 0 bridgehead atoms. The summed E-state index contributed by atoms with van der Waals surface area (Å²) in [6, 6.07) is 5.05. The van der Waals surface area contributed by atoms with Gasteiger partial charge >= 0.3 is 5.97 Å². The second-order valence-electron chi connectivity index (χ2n) is 4.00. The lowest BCUT2D eigenvalue weighted by atomic mass is 10.2. The Morgan fingerprint density at radius 2 is 2.35 bits per heavy atom. The zero-order chi connectivity index (χ0) is 14.5. The quantitative estimate of drug-likeness (QED) is 0.857. The summed E-state index contributed by atoms with van der Waals surface area (Å²) >= 11 is 6.10. The predicted molar refractivity (Wildman–Crippen MR) is 76.1 cm³/mol. The van der Waals surface area contributed by atoms with Crippen molar-refractivity contribution in [1.82, 2.24) is 9.78 Å². The average molecular weight is 293 g/mol. The first-order valence-electron chi connectivity index (χ1n) is 5.99. The Bertz CT molecular complexity index is 650. The van der Waals surface area contributed by atoms with Crippen molar-refractivity contribution in [2.24, 2.45) is 0 Å². The molecule has 0 aliphatic rings. The van der Waals surface area contributed by atoms with Crippen molar-refractivity contribution in [1.29, 1.82) is 0 Å². The molecule has 0 amide bonds. The lowest BCUT2D eigenvalue weighted by Gasteiger charge is -2.05. The highest BCUT2D eigenvalue weighted by Crippen LogP contribution is 2.30. The van der Waals surface area contributed by atoms with E-state index in [4.69, 9.17) is 21.4 Å². The van der Waals surface area contributed by atoms with Gasteiger partial charge in [-0.3, -0.25) is 4.68 Å². The van der Waals surface area contributed by atoms with Gasteiger partial charge in [0.2, 0.25) is 0 Å². The maximum absolute atomic E-state index is 10.4. The van der Waals surface area contributed by atoms with Crippen molar-refractivity contribution in [2.75, 3.05) is 0 Å². The normalized spacial score (nSPS) is 10.9. The van der Waals surface area contributed by atoms with Crippen LogP contribution in [0.15, 0.2) is 36.7 Å². The number of carboxylic acids is 1. The number of carboxylic acid groups (broad SMARTS) is 1. The summed E-state index contributed by atoms with van der Waals surface area (Å²) < 4.78 is 7.36. The summed E-state index contributed by atoms with van der Waals surface area (Å²) in [5.74, 6) is 0.0887. The van der Waals surface area contributed by atoms with E-state index in [0.717, 1.165) is 12.6 Å². The van der Waals surface area contributed by atoms with Crippen LogP contribution in [0.5, 0.6) is 11.5 Å². The second-order valence-corrected chi connectivity index (χ2v) is 4.40. The van der Waals surface area contributed by atoms with E-state index in [0.29, 0.717) is 22.1 Å². The van der Waals surface area contributed by atoms with Gasteiger partial charge in [-0.15, -0.1) is 0 Å². The zero-order valence-electron chi connectivity index (χ0n) is 10.8. The molecular weight excluding hydrogens is 280 g/mol. The number of rotatable bonds is 5. The highest BCUT2D eigenvalue weighted by atomic mass is 35.5. The topological polar surface area (TPSA) is 64.3 Å². The molecule has 5 nitrogen and oxygen atoms in total. The third-order valence-corrected chi connectivity index (χ3v) is 2.83. The van der Waals surface area contributed by atoms with Crippen LogP contribution in [0.3, 0.4) is 0 Å². The zero-order valence-corrected chi connectivity index (χ0v) is 11.5. The van der Waals surface area contributed by atoms with E-state index in [1.54, 1.807) is 35.3 Å². The molecule has 2 rings (SSSR count). The molecule has 1 aromatic heterocycles. The molecule has 0 atom stereocenters. The average Bonchev–Trinajstić information content (AvgIpc) is 2.87. The molecule has 0 spiro atoms. The van der Waals surface area contributed by atoms with E-state index in [1.165, 1.54) is 6.08 Å². The number of carbonyl (C=O) groups is 1. The lowest BCUT2D eigenvalue weighted by Crippen LogP contribution is -1.92. The fourth-order valence-electron chi connectivity index (χ4n) is 1.57. The van der Waals surface area contributed by atoms with Gasteiger partial charge in [-0.2, -0.15) is 5.10 Å². The van der Waals surface area contributed by atoms with Crippen LogP contribution in [0.2, 0.25) is 5.02 Å². The molecule has 20 heavy (non-hydrogen) atoms. The molecular formula is C14H13ClN2O3.